The first-order valence-electron chi connectivity index (χ1n) is 9.70. The van der Waals surface area contributed by atoms with Crippen molar-refractivity contribution in [1.82, 2.24) is 5.16 Å². The molecular weight excluding hydrogens is 394 g/mol. The van der Waals surface area contributed by atoms with E-state index >= 15 is 0 Å². The minimum atomic E-state index is -0.514. The maximum atomic E-state index is 12.6. The van der Waals surface area contributed by atoms with Crippen LogP contribution in [0, 0.1) is 0 Å². The normalized spacial score (nSPS) is 10.8. The molecule has 0 atom stereocenters. The lowest BCUT2D eigenvalue weighted by Gasteiger charge is -2.10. The maximum Gasteiger partial charge on any atom is 0.342 e. The highest BCUT2D eigenvalue weighted by molar-refractivity contribution is 5.92. The van der Waals surface area contributed by atoms with Crippen LogP contribution in [0.15, 0.2) is 99.9 Å². The number of rotatable bonds is 6. The largest absolute Gasteiger partial charge is 0.456 e. The summed E-state index contributed by atoms with van der Waals surface area (Å²) in [5, 5.41) is 4.94. The molecule has 6 nitrogen and oxygen atoms in total. The molecule has 152 valence electrons. The van der Waals surface area contributed by atoms with E-state index < -0.39 is 5.97 Å². The Morgan fingerprint density at radius 2 is 1.61 bits per heavy atom. The van der Waals surface area contributed by atoms with Gasteiger partial charge in [0.25, 0.3) is 0 Å². The van der Waals surface area contributed by atoms with E-state index in [1.54, 1.807) is 30.3 Å². The average Bonchev–Trinajstić information content (AvgIpc) is 3.45. The van der Waals surface area contributed by atoms with Crippen LogP contribution in [0.5, 0.6) is 11.5 Å². The van der Waals surface area contributed by atoms with E-state index in [0.717, 1.165) is 11.0 Å². The van der Waals surface area contributed by atoms with E-state index in [9.17, 15) is 4.79 Å². The molecule has 0 saturated heterocycles. The lowest BCUT2D eigenvalue weighted by atomic mass is 10.2. The van der Waals surface area contributed by atoms with Gasteiger partial charge in [-0.3, -0.25) is 0 Å². The number of fused-ring (bicyclic) bond motifs is 1. The first-order valence-corrected chi connectivity index (χ1v) is 9.70. The fourth-order valence-corrected chi connectivity index (χ4v) is 3.16. The van der Waals surface area contributed by atoms with Crippen LogP contribution in [-0.2, 0) is 11.3 Å². The van der Waals surface area contributed by atoms with Gasteiger partial charge in [0.15, 0.2) is 5.76 Å². The fourth-order valence-electron chi connectivity index (χ4n) is 3.16. The number of benzene rings is 3. The Bertz CT molecular complexity index is 1300. The summed E-state index contributed by atoms with van der Waals surface area (Å²) in [5.41, 5.74) is 1.56. The van der Waals surface area contributed by atoms with Gasteiger partial charge in [-0.2, -0.15) is 0 Å². The zero-order valence-corrected chi connectivity index (χ0v) is 16.4. The number of aromatic nitrogens is 1. The van der Waals surface area contributed by atoms with E-state index in [1.807, 2.05) is 60.7 Å². The van der Waals surface area contributed by atoms with Gasteiger partial charge < -0.3 is 18.4 Å². The number of carbonyl (C=O) groups excluding carboxylic acids is 1. The molecule has 0 saturated carbocycles. The average molecular weight is 411 g/mol. The second kappa shape index (κ2) is 8.20. The summed E-state index contributed by atoms with van der Waals surface area (Å²) in [6.45, 7) is -0.0395. The first kappa shape index (κ1) is 18.7. The van der Waals surface area contributed by atoms with E-state index in [-0.39, 0.29) is 6.61 Å². The van der Waals surface area contributed by atoms with Crippen molar-refractivity contribution in [2.75, 3.05) is 0 Å². The van der Waals surface area contributed by atoms with Crippen molar-refractivity contribution >= 4 is 16.9 Å². The van der Waals surface area contributed by atoms with Gasteiger partial charge in [0.05, 0.1) is 0 Å². The Morgan fingerprint density at radius 3 is 2.48 bits per heavy atom. The lowest BCUT2D eigenvalue weighted by molar-refractivity contribution is 0.0461. The van der Waals surface area contributed by atoms with Crippen LogP contribution in [0.2, 0.25) is 0 Å². The van der Waals surface area contributed by atoms with E-state index in [1.165, 1.54) is 0 Å². The Hall–Kier alpha value is -4.32. The number of para-hydroxylation sites is 3. The third-order valence-corrected chi connectivity index (χ3v) is 4.66. The van der Waals surface area contributed by atoms with Gasteiger partial charge in [0.1, 0.15) is 34.9 Å². The maximum absolute atomic E-state index is 12.6. The van der Waals surface area contributed by atoms with E-state index in [4.69, 9.17) is 18.4 Å². The summed E-state index contributed by atoms with van der Waals surface area (Å²) in [6.07, 6.45) is 0. The van der Waals surface area contributed by atoms with Crippen molar-refractivity contribution in [3.05, 3.63) is 102 Å². The number of carbonyl (C=O) groups is 1. The number of hydrogen-bond acceptors (Lipinski definition) is 6. The molecule has 0 aliphatic heterocycles. The third kappa shape index (κ3) is 4.04. The van der Waals surface area contributed by atoms with Crippen molar-refractivity contribution in [3.63, 3.8) is 0 Å². The molecule has 2 aromatic heterocycles. The predicted octanol–water partition coefficient (Wildman–Crippen LogP) is 6.24. The summed E-state index contributed by atoms with van der Waals surface area (Å²) in [6, 6.07) is 27.4. The SMILES string of the molecule is O=C(OCc1cc(-c2cc3ccccc3o2)on1)c1ccccc1Oc1ccccc1. The van der Waals surface area contributed by atoms with Crippen molar-refractivity contribution in [2.45, 2.75) is 6.61 Å². The van der Waals surface area contributed by atoms with Crippen molar-refractivity contribution < 1.29 is 23.2 Å². The summed E-state index contributed by atoms with van der Waals surface area (Å²) in [4.78, 5) is 12.6. The molecule has 3 aromatic carbocycles. The molecule has 0 unspecified atom stereocenters. The highest BCUT2D eigenvalue weighted by Crippen LogP contribution is 2.29. The minimum Gasteiger partial charge on any atom is -0.456 e. The smallest absolute Gasteiger partial charge is 0.342 e. The van der Waals surface area contributed by atoms with Crippen LogP contribution in [0.4, 0.5) is 0 Å². The van der Waals surface area contributed by atoms with Crippen LogP contribution < -0.4 is 4.74 Å². The highest BCUT2D eigenvalue weighted by atomic mass is 16.5. The zero-order chi connectivity index (χ0) is 21.0. The third-order valence-electron chi connectivity index (χ3n) is 4.66. The van der Waals surface area contributed by atoms with Crippen molar-refractivity contribution in [3.8, 4) is 23.0 Å². The van der Waals surface area contributed by atoms with E-state index in [0.29, 0.717) is 34.3 Å². The number of nitrogens with zero attached hydrogens (tertiary/aromatic N) is 1. The molecule has 5 aromatic rings. The van der Waals surface area contributed by atoms with Crippen molar-refractivity contribution in [2.24, 2.45) is 0 Å². The first-order chi connectivity index (χ1) is 15.3. The molecule has 0 spiro atoms. The van der Waals surface area contributed by atoms with Gasteiger partial charge in [0, 0.05) is 11.5 Å². The fraction of sp³-hybridized carbons (Fsp3) is 0.0400. The van der Waals surface area contributed by atoms with Gasteiger partial charge >= 0.3 is 5.97 Å². The van der Waals surface area contributed by atoms with Crippen LogP contribution >= 0.6 is 0 Å². The Kier molecular flexibility index (Phi) is 4.94. The Labute approximate surface area is 177 Å². The topological polar surface area (TPSA) is 74.7 Å². The van der Waals surface area contributed by atoms with Crippen LogP contribution in [0.25, 0.3) is 22.5 Å². The Balaban J connectivity index is 1.28. The predicted molar refractivity (Wildman–Crippen MR) is 114 cm³/mol. The molecule has 0 fully saturated rings. The number of ether oxygens (including phenoxy) is 2. The second-order valence-electron chi connectivity index (χ2n) is 6.82. The van der Waals surface area contributed by atoms with Gasteiger partial charge in [-0.05, 0) is 36.4 Å². The summed E-state index contributed by atoms with van der Waals surface area (Å²) < 4.78 is 22.4. The number of hydrogen-bond donors (Lipinski definition) is 0. The molecule has 0 N–H and O–H groups in total. The molecule has 0 radical (unpaired) electrons. The highest BCUT2D eigenvalue weighted by Gasteiger charge is 2.17. The molecule has 5 rings (SSSR count). The molecule has 0 aliphatic carbocycles. The summed E-state index contributed by atoms with van der Waals surface area (Å²) in [5.74, 6) is 1.57. The molecule has 2 heterocycles. The monoisotopic (exact) mass is 411 g/mol. The van der Waals surface area contributed by atoms with Crippen molar-refractivity contribution in [1.29, 1.82) is 0 Å². The molecule has 0 bridgehead atoms. The van der Waals surface area contributed by atoms with Gasteiger partial charge in [-0.1, -0.05) is 53.7 Å². The standard InChI is InChI=1S/C25H17NO5/c27-25(20-11-5-7-13-22(20)29-19-9-2-1-3-10-19)28-16-18-15-24(31-26-18)23-14-17-8-4-6-12-21(17)30-23/h1-15H,16H2. The number of furan rings is 1. The van der Waals surface area contributed by atoms with E-state index in [2.05, 4.69) is 5.16 Å². The van der Waals surface area contributed by atoms with Gasteiger partial charge in [-0.15, -0.1) is 0 Å². The van der Waals surface area contributed by atoms with Gasteiger partial charge in [0.2, 0.25) is 5.76 Å². The lowest BCUT2D eigenvalue weighted by Crippen LogP contribution is -2.07. The second-order valence-corrected chi connectivity index (χ2v) is 6.82. The quantitative estimate of drug-likeness (QED) is 0.308. The molecule has 0 amide bonds. The Morgan fingerprint density at radius 1 is 0.839 bits per heavy atom. The molecule has 31 heavy (non-hydrogen) atoms. The molecule has 6 heteroatoms. The summed E-state index contributed by atoms with van der Waals surface area (Å²) in [7, 11) is 0. The van der Waals surface area contributed by atoms with Gasteiger partial charge in [-0.25, -0.2) is 4.79 Å². The zero-order valence-electron chi connectivity index (χ0n) is 16.4. The van der Waals surface area contributed by atoms with Crippen LogP contribution in [-0.4, -0.2) is 11.1 Å². The number of esters is 1. The molecule has 0 aliphatic rings. The van der Waals surface area contributed by atoms with Crippen LogP contribution in [0.3, 0.4) is 0 Å². The van der Waals surface area contributed by atoms with Crippen LogP contribution in [0.1, 0.15) is 16.1 Å². The summed E-state index contributed by atoms with van der Waals surface area (Å²) >= 11 is 0. The minimum absolute atomic E-state index is 0.0395. The molecular formula is C25H17NO5.